The van der Waals surface area contributed by atoms with E-state index in [0.29, 0.717) is 5.75 Å². The summed E-state index contributed by atoms with van der Waals surface area (Å²) in [4.78, 5) is 0. The highest BCUT2D eigenvalue weighted by molar-refractivity contribution is 6.17. The summed E-state index contributed by atoms with van der Waals surface area (Å²) >= 11 is 0. The van der Waals surface area contributed by atoms with Crippen molar-refractivity contribution >= 4 is 10.8 Å². The highest BCUT2D eigenvalue weighted by Crippen LogP contribution is 2.59. The molecule has 124 valence electrons. The van der Waals surface area contributed by atoms with Crippen molar-refractivity contribution in [3.8, 4) is 39.1 Å². The monoisotopic (exact) mass is 334 g/mol. The van der Waals surface area contributed by atoms with Crippen molar-refractivity contribution in [2.45, 2.75) is 19.3 Å². The van der Waals surface area contributed by atoms with Gasteiger partial charge in [0, 0.05) is 11.0 Å². The fraction of sp³-hybridized carbons (Fsp3) is 0.120. The molecular weight excluding hydrogens is 316 g/mol. The van der Waals surface area contributed by atoms with Crippen LogP contribution in [0.1, 0.15) is 25.0 Å². The Morgan fingerprint density at radius 1 is 0.615 bits per heavy atom. The van der Waals surface area contributed by atoms with Gasteiger partial charge in [0.25, 0.3) is 0 Å². The van der Waals surface area contributed by atoms with Gasteiger partial charge in [-0.15, -0.1) is 0 Å². The maximum atomic E-state index is 10.8. The van der Waals surface area contributed by atoms with E-state index >= 15 is 0 Å². The molecule has 0 unspecified atom stereocenters. The van der Waals surface area contributed by atoms with Gasteiger partial charge in [0.1, 0.15) is 5.75 Å². The molecule has 0 amide bonds. The van der Waals surface area contributed by atoms with E-state index in [4.69, 9.17) is 0 Å². The van der Waals surface area contributed by atoms with Crippen LogP contribution in [0.4, 0.5) is 0 Å². The van der Waals surface area contributed by atoms with Crippen molar-refractivity contribution in [3.05, 3.63) is 77.9 Å². The van der Waals surface area contributed by atoms with Crippen LogP contribution >= 0.6 is 0 Å². The third kappa shape index (κ3) is 1.44. The molecule has 0 aromatic heterocycles. The summed E-state index contributed by atoms with van der Waals surface area (Å²) < 4.78 is 0. The molecule has 4 aromatic rings. The van der Waals surface area contributed by atoms with Crippen LogP contribution in [0.15, 0.2) is 66.7 Å². The molecule has 6 rings (SSSR count). The highest BCUT2D eigenvalue weighted by atomic mass is 16.3. The van der Waals surface area contributed by atoms with E-state index in [1.165, 1.54) is 38.6 Å². The SMILES string of the molecule is CC1(C)c2cccc3c2-c2c1ccc1cccc(c21)-c1c(O)cccc1-3. The zero-order valence-electron chi connectivity index (χ0n) is 14.8. The third-order valence-electron chi connectivity index (χ3n) is 6.31. The molecule has 0 aliphatic heterocycles. The fourth-order valence-electron chi connectivity index (χ4n) is 5.13. The molecule has 0 atom stereocenters. The fourth-order valence-corrected chi connectivity index (χ4v) is 5.13. The van der Waals surface area contributed by atoms with Gasteiger partial charge in [-0.25, -0.2) is 0 Å². The van der Waals surface area contributed by atoms with Crippen molar-refractivity contribution in [2.75, 3.05) is 0 Å². The molecule has 1 heteroatoms. The Hall–Kier alpha value is -3.06. The predicted molar refractivity (Wildman–Crippen MR) is 108 cm³/mol. The first-order valence-electron chi connectivity index (χ1n) is 9.12. The zero-order chi connectivity index (χ0) is 17.6. The van der Waals surface area contributed by atoms with Gasteiger partial charge in [-0.2, -0.15) is 0 Å². The second kappa shape index (κ2) is 4.37. The van der Waals surface area contributed by atoms with Gasteiger partial charge >= 0.3 is 0 Å². The summed E-state index contributed by atoms with van der Waals surface area (Å²) in [7, 11) is 0. The lowest BCUT2D eigenvalue weighted by Crippen LogP contribution is -2.15. The number of benzene rings is 4. The molecule has 26 heavy (non-hydrogen) atoms. The molecule has 0 radical (unpaired) electrons. The number of hydrogen-bond donors (Lipinski definition) is 1. The largest absolute Gasteiger partial charge is 0.507 e. The van der Waals surface area contributed by atoms with Crippen LogP contribution in [0, 0.1) is 0 Å². The standard InChI is InChI=1S/C25H18O/c1-25(2)18-10-4-7-16-15-8-5-11-20(26)22(15)17-9-3-6-14-12-13-19(25)24(21(14)17)23(16)18/h3-13,26H,1-2H3. The number of phenolic OH excluding ortho intramolecular Hbond substituents is 1. The molecular formula is C25H18O. The van der Waals surface area contributed by atoms with Crippen LogP contribution < -0.4 is 0 Å². The number of hydrogen-bond acceptors (Lipinski definition) is 1. The van der Waals surface area contributed by atoms with Gasteiger partial charge in [0.2, 0.25) is 0 Å². The molecule has 1 nitrogen and oxygen atoms in total. The molecule has 0 heterocycles. The first-order valence-corrected chi connectivity index (χ1v) is 9.12. The summed E-state index contributed by atoms with van der Waals surface area (Å²) in [6, 6.07) is 23.5. The minimum absolute atomic E-state index is 0.0176. The maximum absolute atomic E-state index is 10.8. The Bertz CT molecular complexity index is 1260. The molecule has 2 aliphatic carbocycles. The molecule has 0 fully saturated rings. The molecule has 0 saturated carbocycles. The molecule has 0 bridgehead atoms. The Kier molecular flexibility index (Phi) is 2.38. The van der Waals surface area contributed by atoms with Crippen LogP contribution in [-0.2, 0) is 5.41 Å². The predicted octanol–water partition coefficient (Wildman–Crippen LogP) is 6.50. The second-order valence-corrected chi connectivity index (χ2v) is 7.94. The Balaban J connectivity index is 1.99. The first kappa shape index (κ1) is 14.1. The van der Waals surface area contributed by atoms with Crippen molar-refractivity contribution in [1.82, 2.24) is 0 Å². The lowest BCUT2D eigenvalue weighted by molar-refractivity contribution is 0.477. The van der Waals surface area contributed by atoms with Crippen molar-refractivity contribution < 1.29 is 5.11 Å². The minimum Gasteiger partial charge on any atom is -0.507 e. The van der Waals surface area contributed by atoms with Crippen LogP contribution in [0.3, 0.4) is 0 Å². The molecule has 4 aromatic carbocycles. The minimum atomic E-state index is -0.0176. The van der Waals surface area contributed by atoms with Crippen molar-refractivity contribution in [2.24, 2.45) is 0 Å². The van der Waals surface area contributed by atoms with Gasteiger partial charge < -0.3 is 5.11 Å². The number of aromatic hydroxyl groups is 1. The Labute approximate surface area is 152 Å². The third-order valence-corrected chi connectivity index (χ3v) is 6.31. The maximum Gasteiger partial charge on any atom is 0.124 e. The lowest BCUT2D eigenvalue weighted by Gasteiger charge is -2.23. The summed E-state index contributed by atoms with van der Waals surface area (Å²) in [6.07, 6.45) is 0. The van der Waals surface area contributed by atoms with Gasteiger partial charge in [-0.05, 0) is 55.8 Å². The van der Waals surface area contributed by atoms with Crippen LogP contribution in [-0.4, -0.2) is 5.11 Å². The van der Waals surface area contributed by atoms with Gasteiger partial charge in [-0.1, -0.05) is 74.5 Å². The Morgan fingerprint density at radius 3 is 2.12 bits per heavy atom. The van der Waals surface area contributed by atoms with Crippen molar-refractivity contribution in [3.63, 3.8) is 0 Å². The Morgan fingerprint density at radius 2 is 1.27 bits per heavy atom. The first-order chi connectivity index (χ1) is 12.6. The summed E-state index contributed by atoms with van der Waals surface area (Å²) in [5.41, 5.74) is 9.86. The second-order valence-electron chi connectivity index (χ2n) is 7.94. The normalized spacial score (nSPS) is 15.0. The van der Waals surface area contributed by atoms with Gasteiger partial charge in [-0.3, -0.25) is 0 Å². The van der Waals surface area contributed by atoms with Gasteiger partial charge in [0.05, 0.1) is 0 Å². The molecule has 0 saturated heterocycles. The summed E-state index contributed by atoms with van der Waals surface area (Å²) in [5.74, 6) is 0.351. The van der Waals surface area contributed by atoms with E-state index in [0.717, 1.165) is 16.7 Å². The quantitative estimate of drug-likeness (QED) is 0.343. The van der Waals surface area contributed by atoms with Crippen LogP contribution in [0.5, 0.6) is 5.75 Å². The van der Waals surface area contributed by atoms with E-state index in [1.54, 1.807) is 6.07 Å². The zero-order valence-corrected chi connectivity index (χ0v) is 14.8. The summed E-state index contributed by atoms with van der Waals surface area (Å²) in [5, 5.41) is 13.3. The topological polar surface area (TPSA) is 20.2 Å². The van der Waals surface area contributed by atoms with E-state index in [9.17, 15) is 5.11 Å². The number of fused-ring (bicyclic) bond motifs is 3. The lowest BCUT2D eigenvalue weighted by atomic mass is 9.80. The highest BCUT2D eigenvalue weighted by Gasteiger charge is 2.40. The van der Waals surface area contributed by atoms with E-state index < -0.39 is 0 Å². The van der Waals surface area contributed by atoms with Gasteiger partial charge in [0.15, 0.2) is 0 Å². The molecule has 2 aliphatic rings. The van der Waals surface area contributed by atoms with E-state index in [1.807, 2.05) is 6.07 Å². The number of rotatable bonds is 0. The smallest absolute Gasteiger partial charge is 0.124 e. The molecule has 0 spiro atoms. The van der Waals surface area contributed by atoms with E-state index in [-0.39, 0.29) is 5.41 Å². The van der Waals surface area contributed by atoms with Crippen LogP contribution in [0.2, 0.25) is 0 Å². The van der Waals surface area contributed by atoms with E-state index in [2.05, 4.69) is 68.4 Å². The average molecular weight is 334 g/mol. The molecule has 1 N–H and O–H groups in total. The van der Waals surface area contributed by atoms with Crippen molar-refractivity contribution in [1.29, 1.82) is 0 Å². The average Bonchev–Trinajstić information content (AvgIpc) is 2.80. The van der Waals surface area contributed by atoms with Crippen LogP contribution in [0.25, 0.3) is 44.2 Å². The summed E-state index contributed by atoms with van der Waals surface area (Å²) in [6.45, 7) is 4.64. The number of phenols is 1.